The van der Waals surface area contributed by atoms with Gasteiger partial charge in [-0.15, -0.1) is 0 Å². The van der Waals surface area contributed by atoms with Crippen LogP contribution in [0.4, 0.5) is 5.69 Å². The molecule has 2 fully saturated rings. The minimum atomic E-state index is -0.334. The predicted molar refractivity (Wildman–Crippen MR) is 89.7 cm³/mol. The minimum Gasteiger partial charge on any atom is -0.398 e. The van der Waals surface area contributed by atoms with Gasteiger partial charge in [-0.25, -0.2) is 0 Å². The molecule has 1 saturated carbocycles. The quantitative estimate of drug-likeness (QED) is 0.729. The van der Waals surface area contributed by atoms with E-state index in [9.17, 15) is 0 Å². The van der Waals surface area contributed by atoms with Crippen molar-refractivity contribution in [3.05, 3.63) is 26.6 Å². The summed E-state index contributed by atoms with van der Waals surface area (Å²) in [4.78, 5) is 0. The molecule has 1 unspecified atom stereocenters. The lowest BCUT2D eigenvalue weighted by Crippen LogP contribution is -2.37. The molecule has 6 heteroatoms. The van der Waals surface area contributed by atoms with Gasteiger partial charge in [0.15, 0.2) is 5.79 Å². The second-order valence-electron chi connectivity index (χ2n) is 5.73. The summed E-state index contributed by atoms with van der Waals surface area (Å²) in [6, 6.07) is 3.98. The lowest BCUT2D eigenvalue weighted by atomic mass is 9.94. The van der Waals surface area contributed by atoms with E-state index in [-0.39, 0.29) is 12.0 Å². The number of hydrogen-bond donors (Lipinski definition) is 2. The Kier molecular flexibility index (Phi) is 4.90. The smallest absolute Gasteiger partial charge is 0.170 e. The minimum absolute atomic E-state index is 0.0553. The Morgan fingerprint density at radius 1 is 1.24 bits per heavy atom. The van der Waals surface area contributed by atoms with E-state index < -0.39 is 0 Å². The third kappa shape index (κ3) is 3.62. The number of ether oxygens (including phenoxy) is 2. The fourth-order valence-corrected chi connectivity index (χ4v) is 4.33. The van der Waals surface area contributed by atoms with E-state index in [4.69, 9.17) is 15.2 Å². The highest BCUT2D eigenvalue weighted by molar-refractivity contribution is 9.11. The molecule has 0 aromatic heterocycles. The molecular formula is C15H20Br2N2O2. The number of nitrogens with one attached hydrogen (secondary N) is 1. The van der Waals surface area contributed by atoms with E-state index in [0.717, 1.165) is 33.0 Å². The van der Waals surface area contributed by atoms with Crippen LogP contribution in [0.15, 0.2) is 21.1 Å². The van der Waals surface area contributed by atoms with E-state index in [0.29, 0.717) is 13.2 Å². The molecule has 1 spiro atoms. The topological polar surface area (TPSA) is 56.5 Å². The van der Waals surface area contributed by atoms with Crippen LogP contribution in [0.3, 0.4) is 0 Å². The molecule has 1 aromatic carbocycles. The zero-order valence-electron chi connectivity index (χ0n) is 11.8. The van der Waals surface area contributed by atoms with Gasteiger partial charge < -0.3 is 15.2 Å². The molecular weight excluding hydrogens is 400 g/mol. The Morgan fingerprint density at radius 3 is 2.76 bits per heavy atom. The number of nitrogen functional groups attached to an aromatic ring is 1. The molecule has 0 radical (unpaired) electrons. The van der Waals surface area contributed by atoms with Gasteiger partial charge in [0.05, 0.1) is 12.3 Å². The van der Waals surface area contributed by atoms with Crippen molar-refractivity contribution in [2.24, 2.45) is 0 Å². The Morgan fingerprint density at radius 2 is 2.00 bits per heavy atom. The molecule has 1 aliphatic carbocycles. The summed E-state index contributed by atoms with van der Waals surface area (Å²) >= 11 is 6.96. The first-order chi connectivity index (χ1) is 10.1. The molecule has 1 atom stereocenters. The fraction of sp³-hybridized carbons (Fsp3) is 0.600. The van der Waals surface area contributed by atoms with Crippen LogP contribution in [-0.2, 0) is 16.0 Å². The summed E-state index contributed by atoms with van der Waals surface area (Å²) in [5, 5.41) is 3.40. The first-order valence-corrected chi connectivity index (χ1v) is 8.95. The predicted octanol–water partition coefficient (Wildman–Crippen LogP) is 3.92. The van der Waals surface area contributed by atoms with E-state index in [2.05, 4.69) is 37.2 Å². The van der Waals surface area contributed by atoms with Crippen LogP contribution in [0.1, 0.15) is 37.7 Å². The average Bonchev–Trinajstić information content (AvgIpc) is 2.85. The molecule has 1 heterocycles. The van der Waals surface area contributed by atoms with Gasteiger partial charge in [0.25, 0.3) is 0 Å². The van der Waals surface area contributed by atoms with Gasteiger partial charge in [0.1, 0.15) is 6.23 Å². The van der Waals surface area contributed by atoms with Crippen molar-refractivity contribution in [2.45, 2.75) is 50.7 Å². The van der Waals surface area contributed by atoms with Crippen LogP contribution >= 0.6 is 31.9 Å². The van der Waals surface area contributed by atoms with Crippen molar-refractivity contribution < 1.29 is 9.47 Å². The van der Waals surface area contributed by atoms with Crippen LogP contribution in [0, 0.1) is 0 Å². The van der Waals surface area contributed by atoms with Crippen molar-refractivity contribution in [1.82, 2.24) is 5.32 Å². The summed E-state index contributed by atoms with van der Waals surface area (Å²) in [6.07, 6.45) is 5.64. The number of rotatable bonds is 3. The molecule has 0 amide bonds. The summed E-state index contributed by atoms with van der Waals surface area (Å²) in [7, 11) is 0. The van der Waals surface area contributed by atoms with E-state index in [1.54, 1.807) is 0 Å². The number of halogens is 2. The summed E-state index contributed by atoms with van der Waals surface area (Å²) in [6.45, 7) is 1.27. The monoisotopic (exact) mass is 418 g/mol. The highest BCUT2D eigenvalue weighted by Crippen LogP contribution is 2.37. The first kappa shape index (κ1) is 15.7. The van der Waals surface area contributed by atoms with Crippen molar-refractivity contribution >= 4 is 37.5 Å². The molecule has 3 N–H and O–H groups in total. The Bertz CT molecular complexity index is 519. The average molecular weight is 420 g/mol. The second kappa shape index (κ2) is 6.54. The summed E-state index contributed by atoms with van der Waals surface area (Å²) in [5.74, 6) is -0.334. The molecule has 0 bridgehead atoms. The number of benzene rings is 1. The maximum absolute atomic E-state index is 6.11. The zero-order chi connectivity index (χ0) is 14.9. The molecule has 116 valence electrons. The van der Waals surface area contributed by atoms with Crippen LogP contribution in [-0.4, -0.2) is 18.6 Å². The van der Waals surface area contributed by atoms with Crippen LogP contribution in [0.25, 0.3) is 0 Å². The van der Waals surface area contributed by atoms with Gasteiger partial charge >= 0.3 is 0 Å². The first-order valence-electron chi connectivity index (χ1n) is 7.37. The number of nitrogens with two attached hydrogens (primary N) is 1. The van der Waals surface area contributed by atoms with Crippen LogP contribution < -0.4 is 11.1 Å². The van der Waals surface area contributed by atoms with Crippen molar-refractivity contribution in [2.75, 3.05) is 12.3 Å². The zero-order valence-corrected chi connectivity index (χ0v) is 15.0. The van der Waals surface area contributed by atoms with Crippen LogP contribution in [0.5, 0.6) is 0 Å². The second-order valence-corrected chi connectivity index (χ2v) is 7.50. The normalized spacial score (nSPS) is 24.6. The number of hydrogen-bond acceptors (Lipinski definition) is 4. The third-order valence-electron chi connectivity index (χ3n) is 4.17. The molecule has 4 nitrogen and oxygen atoms in total. The molecule has 1 aliphatic heterocycles. The highest BCUT2D eigenvalue weighted by Gasteiger charge is 2.42. The standard InChI is InChI=1S/C15H20Br2N2O2/c16-11-6-10(14(18)12(17)7-11)8-19-13-9-20-15(21-13)4-2-1-3-5-15/h6-7,13,19H,1-5,8-9,18H2. The molecule has 3 rings (SSSR count). The van der Waals surface area contributed by atoms with Gasteiger partial charge in [0, 0.05) is 28.3 Å². The molecule has 21 heavy (non-hydrogen) atoms. The van der Waals surface area contributed by atoms with Gasteiger partial charge in [-0.05, 0) is 46.5 Å². The van der Waals surface area contributed by atoms with E-state index >= 15 is 0 Å². The lowest BCUT2D eigenvalue weighted by molar-refractivity contribution is -0.189. The van der Waals surface area contributed by atoms with Crippen molar-refractivity contribution in [3.8, 4) is 0 Å². The maximum Gasteiger partial charge on any atom is 0.170 e. The fourth-order valence-electron chi connectivity index (χ4n) is 3.02. The number of anilines is 1. The molecule has 1 aromatic rings. The van der Waals surface area contributed by atoms with Crippen molar-refractivity contribution in [1.29, 1.82) is 0 Å². The van der Waals surface area contributed by atoms with Crippen LogP contribution in [0.2, 0.25) is 0 Å². The summed E-state index contributed by atoms with van der Waals surface area (Å²) in [5.41, 5.74) is 7.90. The Hall–Kier alpha value is -0.140. The summed E-state index contributed by atoms with van der Waals surface area (Å²) < 4.78 is 14.0. The van der Waals surface area contributed by atoms with Gasteiger partial charge in [-0.1, -0.05) is 22.4 Å². The van der Waals surface area contributed by atoms with E-state index in [1.807, 2.05) is 12.1 Å². The van der Waals surface area contributed by atoms with Gasteiger partial charge in [-0.2, -0.15) is 0 Å². The van der Waals surface area contributed by atoms with Gasteiger partial charge in [-0.3, -0.25) is 5.32 Å². The highest BCUT2D eigenvalue weighted by atomic mass is 79.9. The SMILES string of the molecule is Nc1c(Br)cc(Br)cc1CNC1COC2(CCCCC2)O1. The third-order valence-corrected chi connectivity index (χ3v) is 5.28. The molecule has 1 saturated heterocycles. The van der Waals surface area contributed by atoms with E-state index in [1.165, 1.54) is 19.3 Å². The Balaban J connectivity index is 1.59. The van der Waals surface area contributed by atoms with Crippen molar-refractivity contribution in [3.63, 3.8) is 0 Å². The maximum atomic E-state index is 6.11. The van der Waals surface area contributed by atoms with Gasteiger partial charge in [0.2, 0.25) is 0 Å². The largest absolute Gasteiger partial charge is 0.398 e. The Labute approximate surface area is 142 Å². The molecule has 2 aliphatic rings. The lowest BCUT2D eigenvalue weighted by Gasteiger charge is -2.31.